The molecule has 5 heterocycles. The van der Waals surface area contributed by atoms with Gasteiger partial charge in [-0.15, -0.1) is 15.3 Å². The summed E-state index contributed by atoms with van der Waals surface area (Å²) in [4.78, 5) is 9.80. The second kappa shape index (κ2) is 11.6. The molecule has 2 fully saturated rings. The highest BCUT2D eigenvalue weighted by Crippen LogP contribution is 2.37. The zero-order chi connectivity index (χ0) is 29.5. The fourth-order valence-electron chi connectivity index (χ4n) is 6.72. The summed E-state index contributed by atoms with van der Waals surface area (Å²) in [5.74, 6) is 0.686. The van der Waals surface area contributed by atoms with Gasteiger partial charge in [-0.25, -0.2) is 17.9 Å². The number of piperazine rings is 1. The molecule has 2 aliphatic rings. The molecule has 3 atom stereocenters. The summed E-state index contributed by atoms with van der Waals surface area (Å²) in [5, 5.41) is 17.6. The van der Waals surface area contributed by atoms with Crippen LogP contribution in [0.3, 0.4) is 0 Å². The van der Waals surface area contributed by atoms with Gasteiger partial charge in [0.1, 0.15) is 18.0 Å². The molecular formula is C31H35F2N9O. The molecule has 0 N–H and O–H groups in total. The third-order valence-electron chi connectivity index (χ3n) is 8.94. The first-order valence-electron chi connectivity index (χ1n) is 15.1. The normalized spacial score (nSPS) is 21.5. The van der Waals surface area contributed by atoms with E-state index in [0.29, 0.717) is 24.4 Å². The molecule has 7 rings (SSSR count). The van der Waals surface area contributed by atoms with E-state index in [4.69, 9.17) is 9.72 Å². The van der Waals surface area contributed by atoms with E-state index in [1.54, 1.807) is 6.33 Å². The van der Waals surface area contributed by atoms with Crippen LogP contribution < -0.4 is 4.90 Å². The van der Waals surface area contributed by atoms with Crippen LogP contribution in [0.1, 0.15) is 56.7 Å². The zero-order valence-electron chi connectivity index (χ0n) is 24.4. The van der Waals surface area contributed by atoms with Gasteiger partial charge in [-0.05, 0) is 61.1 Å². The van der Waals surface area contributed by atoms with Gasteiger partial charge >= 0.3 is 0 Å². The highest BCUT2D eigenvalue weighted by atomic mass is 19.1. The number of anilines is 1. The van der Waals surface area contributed by atoms with E-state index in [0.717, 1.165) is 61.4 Å². The van der Waals surface area contributed by atoms with Crippen molar-refractivity contribution in [2.45, 2.75) is 70.3 Å². The van der Waals surface area contributed by atoms with Gasteiger partial charge in [-0.2, -0.15) is 4.98 Å². The Balaban J connectivity index is 1.28. The maximum absolute atomic E-state index is 14.0. The predicted molar refractivity (Wildman–Crippen MR) is 158 cm³/mol. The third-order valence-corrected chi connectivity index (χ3v) is 8.94. The Labute approximate surface area is 248 Å². The van der Waals surface area contributed by atoms with Gasteiger partial charge in [0, 0.05) is 31.8 Å². The Kier molecular flexibility index (Phi) is 7.48. The SMILES string of the molecule is CC[C@H]1CN(C(c2ccc(F)cc2)c2ccc(F)cc2)[C@H](CC)CN1c1nc2nncn2c2c1nnn2C[C@H]1CCCO1. The van der Waals surface area contributed by atoms with E-state index >= 15 is 0 Å². The Bertz CT molecular complexity index is 1650. The van der Waals surface area contributed by atoms with Crippen LogP contribution in [-0.2, 0) is 11.3 Å². The number of rotatable bonds is 8. The number of ether oxygens (including phenoxy) is 1. The largest absolute Gasteiger partial charge is 0.376 e. The number of hydrogen-bond donors (Lipinski definition) is 0. The highest BCUT2D eigenvalue weighted by Gasteiger charge is 2.39. The molecule has 2 aromatic carbocycles. The summed E-state index contributed by atoms with van der Waals surface area (Å²) in [6.45, 7) is 7.14. The van der Waals surface area contributed by atoms with Gasteiger partial charge in [0.05, 0.1) is 18.7 Å². The van der Waals surface area contributed by atoms with Gasteiger partial charge in [0.2, 0.25) is 0 Å². The molecular weight excluding hydrogens is 552 g/mol. The van der Waals surface area contributed by atoms with Crippen LogP contribution in [0.5, 0.6) is 0 Å². The Hall–Kier alpha value is -4.03. The Morgan fingerprint density at radius 2 is 1.60 bits per heavy atom. The maximum Gasteiger partial charge on any atom is 0.258 e. The van der Waals surface area contributed by atoms with Crippen molar-refractivity contribution in [3.05, 3.63) is 77.6 Å². The Morgan fingerprint density at radius 1 is 0.907 bits per heavy atom. The van der Waals surface area contributed by atoms with Crippen molar-refractivity contribution in [2.24, 2.45) is 0 Å². The second-order valence-corrected chi connectivity index (χ2v) is 11.5. The molecule has 0 saturated carbocycles. The van der Waals surface area contributed by atoms with Gasteiger partial charge in [-0.1, -0.05) is 43.3 Å². The van der Waals surface area contributed by atoms with Crippen LogP contribution in [0.25, 0.3) is 16.9 Å². The Morgan fingerprint density at radius 3 is 2.23 bits per heavy atom. The van der Waals surface area contributed by atoms with Gasteiger partial charge in [0.25, 0.3) is 5.78 Å². The van der Waals surface area contributed by atoms with Crippen LogP contribution in [-0.4, -0.2) is 77.4 Å². The molecule has 2 aliphatic heterocycles. The monoisotopic (exact) mass is 587 g/mol. The van der Waals surface area contributed by atoms with Crippen molar-refractivity contribution in [3.8, 4) is 0 Å². The molecule has 3 aromatic heterocycles. The van der Waals surface area contributed by atoms with Crippen LogP contribution in [0.4, 0.5) is 14.6 Å². The van der Waals surface area contributed by atoms with Crippen molar-refractivity contribution < 1.29 is 13.5 Å². The molecule has 0 unspecified atom stereocenters. The van der Waals surface area contributed by atoms with Gasteiger partial charge in [-0.3, -0.25) is 4.90 Å². The summed E-state index contributed by atoms with van der Waals surface area (Å²) in [7, 11) is 0. The molecule has 10 nitrogen and oxygen atoms in total. The number of halogens is 2. The van der Waals surface area contributed by atoms with Crippen molar-refractivity contribution in [1.82, 2.24) is 39.5 Å². The molecule has 5 aromatic rings. The fraction of sp³-hybridized carbons (Fsp3) is 0.452. The van der Waals surface area contributed by atoms with Crippen LogP contribution >= 0.6 is 0 Å². The van der Waals surface area contributed by atoms with Crippen molar-refractivity contribution in [2.75, 3.05) is 24.6 Å². The van der Waals surface area contributed by atoms with Crippen molar-refractivity contribution in [1.29, 1.82) is 0 Å². The number of hydrogen-bond acceptors (Lipinski definition) is 8. The summed E-state index contributed by atoms with van der Waals surface area (Å²) in [6.07, 6.45) is 5.52. The summed E-state index contributed by atoms with van der Waals surface area (Å²) >= 11 is 0. The average Bonchev–Trinajstić information content (AvgIpc) is 3.80. The lowest BCUT2D eigenvalue weighted by Gasteiger charge is -2.49. The summed E-state index contributed by atoms with van der Waals surface area (Å²) < 4.78 is 37.6. The molecule has 0 bridgehead atoms. The molecule has 0 aliphatic carbocycles. The number of benzene rings is 2. The van der Waals surface area contributed by atoms with Crippen molar-refractivity contribution in [3.63, 3.8) is 0 Å². The predicted octanol–water partition coefficient (Wildman–Crippen LogP) is 4.80. The smallest absolute Gasteiger partial charge is 0.258 e. The maximum atomic E-state index is 14.0. The number of aromatic nitrogens is 7. The van der Waals surface area contributed by atoms with Gasteiger partial charge < -0.3 is 9.64 Å². The number of fused-ring (bicyclic) bond motifs is 3. The minimum atomic E-state index is -0.281. The average molecular weight is 588 g/mol. The number of nitrogens with zero attached hydrogens (tertiary/aromatic N) is 9. The lowest BCUT2D eigenvalue weighted by molar-refractivity contribution is 0.0944. The molecule has 0 amide bonds. The molecule has 43 heavy (non-hydrogen) atoms. The van der Waals surface area contributed by atoms with E-state index in [1.165, 1.54) is 24.3 Å². The third kappa shape index (κ3) is 5.12. The lowest BCUT2D eigenvalue weighted by Crippen LogP contribution is -2.59. The molecule has 12 heteroatoms. The highest BCUT2D eigenvalue weighted by molar-refractivity contribution is 5.85. The van der Waals surface area contributed by atoms with Crippen LogP contribution in [0.15, 0.2) is 54.9 Å². The van der Waals surface area contributed by atoms with Crippen molar-refractivity contribution >= 4 is 22.8 Å². The summed E-state index contributed by atoms with van der Waals surface area (Å²) in [6, 6.07) is 13.4. The standard InChI is InChI=1S/C31H35F2N9O/c1-3-24-17-40(29-27-30(41-19-34-37-31(41)35-29)42(38-36-27)18-26-6-5-15-43-26)25(4-2)16-39(24)28(20-7-11-22(32)12-8-20)21-9-13-23(33)14-10-21/h7-14,19,24-26,28H,3-6,15-18H2,1-2H3/t24-,25+,26-/m1/s1. The lowest BCUT2D eigenvalue weighted by atomic mass is 9.91. The quantitative estimate of drug-likeness (QED) is 0.256. The van der Waals surface area contributed by atoms with E-state index in [9.17, 15) is 8.78 Å². The van der Waals surface area contributed by atoms with E-state index < -0.39 is 0 Å². The van der Waals surface area contributed by atoms with E-state index in [-0.39, 0.29) is 35.9 Å². The fourth-order valence-corrected chi connectivity index (χ4v) is 6.72. The first kappa shape index (κ1) is 27.8. The second-order valence-electron chi connectivity index (χ2n) is 11.5. The van der Waals surface area contributed by atoms with Crippen LogP contribution in [0.2, 0.25) is 0 Å². The topological polar surface area (TPSA) is 89.5 Å². The molecule has 0 spiro atoms. The minimum Gasteiger partial charge on any atom is -0.376 e. The van der Waals surface area contributed by atoms with Gasteiger partial charge in [0.15, 0.2) is 17.0 Å². The minimum absolute atomic E-state index is 0.0931. The first-order valence-corrected chi connectivity index (χ1v) is 15.1. The zero-order valence-corrected chi connectivity index (χ0v) is 24.4. The first-order chi connectivity index (χ1) is 21.0. The molecule has 0 radical (unpaired) electrons. The summed E-state index contributed by atoms with van der Waals surface area (Å²) in [5.41, 5.74) is 3.46. The van der Waals surface area contributed by atoms with Crippen LogP contribution in [0, 0.1) is 11.6 Å². The molecule has 2 saturated heterocycles. The molecule has 224 valence electrons. The van der Waals surface area contributed by atoms with E-state index in [1.807, 2.05) is 33.3 Å². The van der Waals surface area contributed by atoms with E-state index in [2.05, 4.69) is 44.2 Å².